The monoisotopic (exact) mass is 368 g/mol. The van der Waals surface area contributed by atoms with Crippen molar-refractivity contribution in [1.82, 2.24) is 15.0 Å². The SMILES string of the molecule is CN(c1nn(-c2cccc(C(F)(F)F)c2)nc1C(=O)O)C1CCCCC1. The first-order valence-electron chi connectivity index (χ1n) is 8.38. The van der Waals surface area contributed by atoms with Gasteiger partial charge in [0.15, 0.2) is 5.82 Å². The van der Waals surface area contributed by atoms with E-state index in [1.165, 1.54) is 12.1 Å². The lowest BCUT2D eigenvalue weighted by molar-refractivity contribution is -0.137. The van der Waals surface area contributed by atoms with Gasteiger partial charge < -0.3 is 10.0 Å². The molecular weight excluding hydrogens is 349 g/mol. The molecule has 1 heterocycles. The smallest absolute Gasteiger partial charge is 0.416 e. The number of benzene rings is 1. The number of rotatable bonds is 4. The third-order valence-corrected chi connectivity index (χ3v) is 4.66. The zero-order chi connectivity index (χ0) is 18.9. The molecule has 1 aromatic heterocycles. The number of carbonyl (C=O) groups is 1. The molecule has 1 fully saturated rings. The fraction of sp³-hybridized carbons (Fsp3) is 0.471. The molecule has 1 aromatic carbocycles. The van der Waals surface area contributed by atoms with Gasteiger partial charge in [0, 0.05) is 13.1 Å². The molecule has 0 amide bonds. The minimum absolute atomic E-state index is 0.0608. The van der Waals surface area contributed by atoms with Gasteiger partial charge in [-0.1, -0.05) is 25.3 Å². The van der Waals surface area contributed by atoms with E-state index in [4.69, 9.17) is 0 Å². The van der Waals surface area contributed by atoms with Crippen LogP contribution in [0.25, 0.3) is 5.69 Å². The molecule has 9 heteroatoms. The molecule has 0 aliphatic heterocycles. The Balaban J connectivity index is 1.98. The summed E-state index contributed by atoms with van der Waals surface area (Å²) in [5.41, 5.74) is -1.05. The van der Waals surface area contributed by atoms with Crippen molar-refractivity contribution < 1.29 is 23.1 Å². The highest BCUT2D eigenvalue weighted by Gasteiger charge is 2.31. The van der Waals surface area contributed by atoms with E-state index in [1.807, 2.05) is 0 Å². The van der Waals surface area contributed by atoms with Gasteiger partial charge in [0.2, 0.25) is 5.69 Å². The maximum absolute atomic E-state index is 12.9. The van der Waals surface area contributed by atoms with Gasteiger partial charge in [-0.05, 0) is 31.0 Å². The van der Waals surface area contributed by atoms with E-state index in [1.54, 1.807) is 11.9 Å². The molecule has 1 aliphatic rings. The number of hydrogen-bond acceptors (Lipinski definition) is 4. The van der Waals surface area contributed by atoms with Crippen LogP contribution in [-0.2, 0) is 6.18 Å². The highest BCUT2D eigenvalue weighted by Crippen LogP contribution is 2.31. The number of nitrogens with zero attached hydrogens (tertiary/aromatic N) is 4. The van der Waals surface area contributed by atoms with Crippen molar-refractivity contribution >= 4 is 11.8 Å². The van der Waals surface area contributed by atoms with Gasteiger partial charge in [0.1, 0.15) is 0 Å². The summed E-state index contributed by atoms with van der Waals surface area (Å²) in [5, 5.41) is 17.5. The number of aromatic carboxylic acids is 1. The molecule has 6 nitrogen and oxygen atoms in total. The van der Waals surface area contributed by atoms with Crippen LogP contribution < -0.4 is 4.90 Å². The summed E-state index contributed by atoms with van der Waals surface area (Å²) in [7, 11) is 1.75. The fourth-order valence-electron chi connectivity index (χ4n) is 3.24. The minimum Gasteiger partial charge on any atom is -0.476 e. The number of anilines is 1. The van der Waals surface area contributed by atoms with Gasteiger partial charge >= 0.3 is 12.1 Å². The molecule has 0 saturated heterocycles. The molecule has 1 saturated carbocycles. The van der Waals surface area contributed by atoms with Crippen LogP contribution in [-0.4, -0.2) is 39.2 Å². The van der Waals surface area contributed by atoms with Gasteiger partial charge in [0.25, 0.3) is 0 Å². The summed E-state index contributed by atoms with van der Waals surface area (Å²) in [6, 6.07) is 4.64. The van der Waals surface area contributed by atoms with Crippen molar-refractivity contribution in [2.45, 2.75) is 44.3 Å². The van der Waals surface area contributed by atoms with Gasteiger partial charge in [-0.2, -0.15) is 13.2 Å². The molecule has 1 aliphatic carbocycles. The molecule has 26 heavy (non-hydrogen) atoms. The van der Waals surface area contributed by atoms with Crippen molar-refractivity contribution in [2.24, 2.45) is 0 Å². The molecule has 0 bridgehead atoms. The Morgan fingerprint density at radius 1 is 1.23 bits per heavy atom. The highest BCUT2D eigenvalue weighted by atomic mass is 19.4. The van der Waals surface area contributed by atoms with Crippen LogP contribution in [0.4, 0.5) is 19.0 Å². The Morgan fingerprint density at radius 3 is 2.54 bits per heavy atom. The second kappa shape index (κ2) is 6.97. The Labute approximate surface area is 148 Å². The van der Waals surface area contributed by atoms with E-state index in [0.29, 0.717) is 0 Å². The number of hydrogen-bond donors (Lipinski definition) is 1. The molecular formula is C17H19F3N4O2. The van der Waals surface area contributed by atoms with E-state index in [0.717, 1.165) is 49.0 Å². The lowest BCUT2D eigenvalue weighted by atomic mass is 9.94. The van der Waals surface area contributed by atoms with Gasteiger partial charge in [-0.3, -0.25) is 0 Å². The summed E-state index contributed by atoms with van der Waals surface area (Å²) >= 11 is 0. The lowest BCUT2D eigenvalue weighted by Gasteiger charge is -2.31. The first-order valence-corrected chi connectivity index (χ1v) is 8.38. The summed E-state index contributed by atoms with van der Waals surface area (Å²) in [4.78, 5) is 14.3. The second-order valence-electron chi connectivity index (χ2n) is 6.42. The van der Waals surface area contributed by atoms with Gasteiger partial charge in [-0.15, -0.1) is 15.0 Å². The van der Waals surface area contributed by atoms with E-state index in [2.05, 4.69) is 10.2 Å². The minimum atomic E-state index is -4.50. The molecule has 2 aromatic rings. The summed E-state index contributed by atoms with van der Waals surface area (Å²) in [6.07, 6.45) is 0.601. The summed E-state index contributed by atoms with van der Waals surface area (Å²) in [6.45, 7) is 0. The average molecular weight is 368 g/mol. The molecule has 0 spiro atoms. The van der Waals surface area contributed by atoms with Crippen molar-refractivity contribution in [3.63, 3.8) is 0 Å². The van der Waals surface area contributed by atoms with E-state index < -0.39 is 17.7 Å². The maximum atomic E-state index is 12.9. The Kier molecular flexibility index (Phi) is 4.88. The fourth-order valence-corrected chi connectivity index (χ4v) is 3.24. The van der Waals surface area contributed by atoms with Crippen molar-refractivity contribution in [1.29, 1.82) is 0 Å². The van der Waals surface area contributed by atoms with Crippen LogP contribution in [0.1, 0.15) is 48.2 Å². The Hall–Kier alpha value is -2.58. The standard InChI is InChI=1S/C17H19F3N4O2/c1-23(12-7-3-2-4-8-12)15-14(16(25)26)21-24(22-15)13-9-5-6-11(10-13)17(18,19)20/h5-6,9-10,12H,2-4,7-8H2,1H3,(H,25,26). The van der Waals surface area contributed by atoms with Crippen LogP contribution in [0.3, 0.4) is 0 Å². The predicted octanol–water partition coefficient (Wildman–Crippen LogP) is 3.75. The third kappa shape index (κ3) is 3.66. The van der Waals surface area contributed by atoms with E-state index in [9.17, 15) is 23.1 Å². The normalized spacial score (nSPS) is 15.8. The molecule has 0 radical (unpaired) electrons. The van der Waals surface area contributed by atoms with E-state index >= 15 is 0 Å². The molecule has 0 unspecified atom stereocenters. The maximum Gasteiger partial charge on any atom is 0.416 e. The molecule has 0 atom stereocenters. The van der Waals surface area contributed by atoms with Crippen LogP contribution in [0, 0.1) is 0 Å². The predicted molar refractivity (Wildman–Crippen MR) is 88.6 cm³/mol. The lowest BCUT2D eigenvalue weighted by Crippen LogP contribution is -2.34. The first kappa shape index (κ1) is 18.2. The second-order valence-corrected chi connectivity index (χ2v) is 6.42. The third-order valence-electron chi connectivity index (χ3n) is 4.66. The highest BCUT2D eigenvalue weighted by molar-refractivity contribution is 5.91. The Bertz CT molecular complexity index is 798. The van der Waals surface area contributed by atoms with Gasteiger partial charge in [-0.25, -0.2) is 4.79 Å². The van der Waals surface area contributed by atoms with Crippen molar-refractivity contribution in [3.05, 3.63) is 35.5 Å². The van der Waals surface area contributed by atoms with Crippen molar-refractivity contribution in [3.8, 4) is 5.69 Å². The summed E-state index contributed by atoms with van der Waals surface area (Å²) in [5.74, 6) is -1.09. The van der Waals surface area contributed by atoms with Crippen molar-refractivity contribution in [2.75, 3.05) is 11.9 Å². The van der Waals surface area contributed by atoms with E-state index in [-0.39, 0.29) is 23.2 Å². The van der Waals surface area contributed by atoms with Gasteiger partial charge in [0.05, 0.1) is 11.3 Å². The largest absolute Gasteiger partial charge is 0.476 e. The number of carboxylic acids is 1. The molecule has 1 N–H and O–H groups in total. The average Bonchev–Trinajstić information content (AvgIpc) is 3.07. The molecule has 3 rings (SSSR count). The zero-order valence-corrected chi connectivity index (χ0v) is 14.2. The number of alkyl halides is 3. The quantitative estimate of drug-likeness (QED) is 0.890. The van der Waals surface area contributed by atoms with Crippen LogP contribution in [0.2, 0.25) is 0 Å². The van der Waals surface area contributed by atoms with Crippen LogP contribution in [0.15, 0.2) is 24.3 Å². The topological polar surface area (TPSA) is 71.2 Å². The van der Waals surface area contributed by atoms with Crippen LogP contribution in [0.5, 0.6) is 0 Å². The first-order chi connectivity index (χ1) is 12.3. The number of carboxylic acid groups (broad SMARTS) is 1. The number of aromatic nitrogens is 3. The number of halogens is 3. The Morgan fingerprint density at radius 2 is 1.92 bits per heavy atom. The van der Waals surface area contributed by atoms with Crippen LogP contribution >= 0.6 is 0 Å². The zero-order valence-electron chi connectivity index (χ0n) is 14.2. The molecule has 140 valence electrons. The summed E-state index contributed by atoms with van der Waals surface area (Å²) < 4.78 is 38.7.